The van der Waals surface area contributed by atoms with Crippen LogP contribution in [0.1, 0.15) is 6.42 Å². The number of sulfonamides is 1. The first-order chi connectivity index (χ1) is 14.4. The Morgan fingerprint density at radius 2 is 2.00 bits per heavy atom. The Morgan fingerprint density at radius 3 is 2.63 bits per heavy atom. The van der Waals surface area contributed by atoms with Gasteiger partial charge in [0, 0.05) is 18.1 Å². The number of hydrogen-bond acceptors (Lipinski definition) is 5. The Bertz CT molecular complexity index is 1090. The minimum Gasteiger partial charge on any atom is -0.325 e. The first kappa shape index (κ1) is 22.0. The van der Waals surface area contributed by atoms with Crippen molar-refractivity contribution in [2.24, 2.45) is 0 Å². The van der Waals surface area contributed by atoms with Crippen molar-refractivity contribution in [1.82, 2.24) is 14.3 Å². The van der Waals surface area contributed by atoms with Gasteiger partial charge in [0.25, 0.3) is 0 Å². The van der Waals surface area contributed by atoms with Crippen LogP contribution in [0.15, 0.2) is 72.1 Å². The molecule has 0 saturated heterocycles. The van der Waals surface area contributed by atoms with Crippen LogP contribution in [0, 0.1) is 5.82 Å². The molecule has 0 spiro atoms. The highest BCUT2D eigenvalue weighted by atomic mass is 32.2. The standard InChI is InChI=1S/C20H21FN4O3S2/c1-29-12-9-18(24-30(27,28)16-5-3-2-4-6-16)20(26)23-15-7-8-19(17(21)13-15)25-11-10-22-14-25/h2-8,10-11,13-14,18,24H,9,12H2,1H3,(H,23,26). The van der Waals surface area contributed by atoms with Crippen LogP contribution in [0.5, 0.6) is 0 Å². The summed E-state index contributed by atoms with van der Waals surface area (Å²) < 4.78 is 43.7. The van der Waals surface area contributed by atoms with Gasteiger partial charge >= 0.3 is 0 Å². The van der Waals surface area contributed by atoms with Crippen molar-refractivity contribution >= 4 is 33.4 Å². The maximum Gasteiger partial charge on any atom is 0.242 e. The number of carbonyl (C=O) groups is 1. The van der Waals surface area contributed by atoms with Crippen molar-refractivity contribution in [3.63, 3.8) is 0 Å². The number of nitrogens with zero attached hydrogens (tertiary/aromatic N) is 2. The number of halogens is 1. The fraction of sp³-hybridized carbons (Fsp3) is 0.200. The number of amides is 1. The highest BCUT2D eigenvalue weighted by Crippen LogP contribution is 2.19. The molecule has 1 unspecified atom stereocenters. The van der Waals surface area contributed by atoms with Gasteiger partial charge in [0.1, 0.15) is 11.9 Å². The van der Waals surface area contributed by atoms with E-state index in [1.807, 2.05) is 6.26 Å². The van der Waals surface area contributed by atoms with Gasteiger partial charge in [-0.25, -0.2) is 17.8 Å². The van der Waals surface area contributed by atoms with Gasteiger partial charge in [0.15, 0.2) is 0 Å². The lowest BCUT2D eigenvalue weighted by Crippen LogP contribution is -2.44. The van der Waals surface area contributed by atoms with Crippen LogP contribution in [0.4, 0.5) is 10.1 Å². The van der Waals surface area contributed by atoms with E-state index in [1.165, 1.54) is 53.1 Å². The number of anilines is 1. The van der Waals surface area contributed by atoms with Gasteiger partial charge in [0.05, 0.1) is 16.9 Å². The number of hydrogen-bond donors (Lipinski definition) is 2. The van der Waals surface area contributed by atoms with Crippen molar-refractivity contribution < 1.29 is 17.6 Å². The number of benzene rings is 2. The summed E-state index contributed by atoms with van der Waals surface area (Å²) in [6, 6.07) is 11.1. The molecule has 0 aliphatic rings. The minimum atomic E-state index is -3.88. The zero-order chi connectivity index (χ0) is 21.6. The zero-order valence-corrected chi connectivity index (χ0v) is 17.8. The molecular weight excluding hydrogens is 427 g/mol. The first-order valence-electron chi connectivity index (χ1n) is 9.06. The van der Waals surface area contributed by atoms with Gasteiger partial charge < -0.3 is 9.88 Å². The summed E-state index contributed by atoms with van der Waals surface area (Å²) in [6.07, 6.45) is 6.75. The van der Waals surface area contributed by atoms with Crippen molar-refractivity contribution in [1.29, 1.82) is 0 Å². The van der Waals surface area contributed by atoms with Crippen molar-refractivity contribution in [3.05, 3.63) is 73.1 Å². The van der Waals surface area contributed by atoms with Gasteiger partial charge in [-0.15, -0.1) is 0 Å². The summed E-state index contributed by atoms with van der Waals surface area (Å²) in [5, 5.41) is 2.60. The summed E-state index contributed by atoms with van der Waals surface area (Å²) >= 11 is 1.49. The van der Waals surface area contributed by atoms with Crippen molar-refractivity contribution in [2.45, 2.75) is 17.4 Å². The topological polar surface area (TPSA) is 93.1 Å². The Labute approximate surface area is 178 Å². The molecule has 2 aromatic carbocycles. The molecule has 1 heterocycles. The number of carbonyl (C=O) groups excluding carboxylic acids is 1. The minimum absolute atomic E-state index is 0.0719. The summed E-state index contributed by atoms with van der Waals surface area (Å²) in [4.78, 5) is 16.7. The molecule has 0 saturated carbocycles. The van der Waals surface area contributed by atoms with Crippen LogP contribution in [0.25, 0.3) is 5.69 Å². The van der Waals surface area contributed by atoms with E-state index in [4.69, 9.17) is 0 Å². The molecule has 1 amide bonds. The van der Waals surface area contributed by atoms with Crippen molar-refractivity contribution in [3.8, 4) is 5.69 Å². The van der Waals surface area contributed by atoms with E-state index in [-0.39, 0.29) is 22.7 Å². The second-order valence-electron chi connectivity index (χ2n) is 6.39. The molecule has 3 rings (SSSR count). The molecule has 7 nitrogen and oxygen atoms in total. The van der Waals surface area contributed by atoms with E-state index in [2.05, 4.69) is 15.0 Å². The molecule has 0 bridgehead atoms. The summed E-state index contributed by atoms with van der Waals surface area (Å²) in [7, 11) is -3.88. The molecular formula is C20H21FN4O3S2. The second kappa shape index (κ2) is 9.88. The van der Waals surface area contributed by atoms with E-state index in [0.717, 1.165) is 0 Å². The lowest BCUT2D eigenvalue weighted by Gasteiger charge is -2.18. The van der Waals surface area contributed by atoms with E-state index in [9.17, 15) is 17.6 Å². The number of aromatic nitrogens is 2. The highest BCUT2D eigenvalue weighted by molar-refractivity contribution is 7.98. The number of thioether (sulfide) groups is 1. The molecule has 0 fully saturated rings. The molecule has 158 valence electrons. The Balaban J connectivity index is 1.76. The van der Waals surface area contributed by atoms with Crippen molar-refractivity contribution in [2.75, 3.05) is 17.3 Å². The molecule has 0 aliphatic carbocycles. The van der Waals surface area contributed by atoms with Gasteiger partial charge in [-0.1, -0.05) is 18.2 Å². The fourth-order valence-corrected chi connectivity index (χ4v) is 4.48. The summed E-state index contributed by atoms with van der Waals surface area (Å²) in [5.41, 5.74) is 0.517. The summed E-state index contributed by atoms with van der Waals surface area (Å²) in [6.45, 7) is 0. The second-order valence-corrected chi connectivity index (χ2v) is 9.09. The molecule has 10 heteroatoms. The lowest BCUT2D eigenvalue weighted by molar-refractivity contribution is -0.117. The Morgan fingerprint density at radius 1 is 1.23 bits per heavy atom. The number of imidazole rings is 1. The first-order valence-corrected chi connectivity index (χ1v) is 11.9. The molecule has 30 heavy (non-hydrogen) atoms. The van der Waals surface area contributed by atoms with Gasteiger partial charge in [-0.05, 0) is 48.8 Å². The SMILES string of the molecule is CSCCC(NS(=O)(=O)c1ccccc1)C(=O)Nc1ccc(-n2ccnc2)c(F)c1. The average molecular weight is 449 g/mol. The van der Waals surface area contributed by atoms with Crippen LogP contribution >= 0.6 is 11.8 Å². The molecule has 0 aliphatic heterocycles. The number of rotatable bonds is 9. The molecule has 1 aromatic heterocycles. The van der Waals surface area contributed by atoms with E-state index >= 15 is 0 Å². The average Bonchev–Trinajstić information content (AvgIpc) is 3.26. The largest absolute Gasteiger partial charge is 0.325 e. The maximum absolute atomic E-state index is 14.4. The molecule has 0 radical (unpaired) electrons. The van der Waals surface area contributed by atoms with Gasteiger partial charge in [-0.2, -0.15) is 16.5 Å². The third-order valence-corrected chi connectivity index (χ3v) is 6.41. The fourth-order valence-electron chi connectivity index (χ4n) is 2.76. The van der Waals surface area contributed by atoms with Crippen LogP contribution in [-0.4, -0.2) is 41.9 Å². The van der Waals surface area contributed by atoms with Crippen LogP contribution < -0.4 is 10.0 Å². The Hall–Kier alpha value is -2.69. The maximum atomic E-state index is 14.4. The van der Waals surface area contributed by atoms with E-state index in [1.54, 1.807) is 30.5 Å². The van der Waals surface area contributed by atoms with E-state index < -0.39 is 27.8 Å². The normalized spacial score (nSPS) is 12.5. The monoisotopic (exact) mass is 448 g/mol. The van der Waals surface area contributed by atoms with Crippen LogP contribution in [0.2, 0.25) is 0 Å². The summed E-state index contributed by atoms with van der Waals surface area (Å²) in [5.74, 6) is -0.529. The van der Waals surface area contributed by atoms with Gasteiger partial charge in [0.2, 0.25) is 15.9 Å². The predicted molar refractivity (Wildman–Crippen MR) is 116 cm³/mol. The van der Waals surface area contributed by atoms with Crippen LogP contribution in [-0.2, 0) is 14.8 Å². The smallest absolute Gasteiger partial charge is 0.242 e. The Kier molecular flexibility index (Phi) is 7.24. The third-order valence-electron chi connectivity index (χ3n) is 4.28. The molecule has 1 atom stereocenters. The third kappa shape index (κ3) is 5.47. The van der Waals surface area contributed by atoms with E-state index in [0.29, 0.717) is 5.75 Å². The number of nitrogens with one attached hydrogen (secondary N) is 2. The molecule has 2 N–H and O–H groups in total. The lowest BCUT2D eigenvalue weighted by atomic mass is 10.2. The van der Waals surface area contributed by atoms with Crippen LogP contribution in [0.3, 0.4) is 0 Å². The highest BCUT2D eigenvalue weighted by Gasteiger charge is 2.25. The zero-order valence-electron chi connectivity index (χ0n) is 16.2. The predicted octanol–water partition coefficient (Wildman–Crippen LogP) is 3.05. The quantitative estimate of drug-likeness (QED) is 0.525. The van der Waals surface area contributed by atoms with Gasteiger partial charge in [-0.3, -0.25) is 4.79 Å². The molecule has 3 aromatic rings.